The van der Waals surface area contributed by atoms with Crippen LogP contribution in [-0.2, 0) is 11.2 Å². The molecule has 1 unspecified atom stereocenters. The molecule has 5 rings (SSSR count). The fourth-order valence-electron chi connectivity index (χ4n) is 5.00. The molecule has 1 aliphatic heterocycles. The molecule has 1 heterocycles. The lowest BCUT2D eigenvalue weighted by molar-refractivity contribution is -0.131. The molecule has 1 saturated heterocycles. The van der Waals surface area contributed by atoms with Gasteiger partial charge in [-0.15, -0.1) is 0 Å². The Bertz CT molecular complexity index is 1400. The topological polar surface area (TPSA) is 32.8 Å². The summed E-state index contributed by atoms with van der Waals surface area (Å²) < 4.78 is 5.25. The Kier molecular flexibility index (Phi) is 7.92. The zero-order chi connectivity index (χ0) is 26.6. The van der Waals surface area contributed by atoms with Crippen LogP contribution >= 0.6 is 23.2 Å². The van der Waals surface area contributed by atoms with E-state index in [-0.39, 0.29) is 11.9 Å². The Balaban J connectivity index is 1.32. The van der Waals surface area contributed by atoms with E-state index in [2.05, 4.69) is 29.2 Å². The number of ether oxygens (including phenoxy) is 1. The molecule has 4 nitrogen and oxygen atoms in total. The molecule has 1 amide bonds. The third-order valence-corrected chi connectivity index (χ3v) is 7.69. The lowest BCUT2D eigenvalue weighted by Crippen LogP contribution is -2.51. The highest BCUT2D eigenvalue weighted by Gasteiger charge is 2.31. The number of benzene rings is 4. The minimum absolute atomic E-state index is 0.0254. The fourth-order valence-corrected chi connectivity index (χ4v) is 5.47. The van der Waals surface area contributed by atoms with Crippen LogP contribution in [0.15, 0.2) is 91.0 Å². The van der Waals surface area contributed by atoms with E-state index in [0.29, 0.717) is 31.1 Å². The van der Waals surface area contributed by atoms with Gasteiger partial charge in [0.1, 0.15) is 5.75 Å². The summed E-state index contributed by atoms with van der Waals surface area (Å²) in [6, 6.07) is 30.2. The predicted octanol–water partition coefficient (Wildman–Crippen LogP) is 7.61. The van der Waals surface area contributed by atoms with Crippen LogP contribution in [0.4, 0.5) is 5.69 Å². The molecular weight excluding hydrogens is 515 g/mol. The zero-order valence-electron chi connectivity index (χ0n) is 21.5. The van der Waals surface area contributed by atoms with E-state index in [0.717, 1.165) is 44.3 Å². The number of aryl methyl sites for hydroxylation is 1. The lowest BCUT2D eigenvalue weighted by Gasteiger charge is -2.43. The molecule has 1 fully saturated rings. The maximum atomic E-state index is 13.4. The summed E-state index contributed by atoms with van der Waals surface area (Å²) in [5.74, 6) is 0.952. The second-order valence-electron chi connectivity index (χ2n) is 9.66. The molecule has 1 atom stereocenters. The van der Waals surface area contributed by atoms with Crippen LogP contribution in [0.5, 0.6) is 5.75 Å². The van der Waals surface area contributed by atoms with Crippen LogP contribution in [0.1, 0.15) is 22.7 Å². The first-order valence-corrected chi connectivity index (χ1v) is 13.5. The van der Waals surface area contributed by atoms with Crippen molar-refractivity contribution in [1.82, 2.24) is 4.90 Å². The molecule has 0 N–H and O–H groups in total. The highest BCUT2D eigenvalue weighted by Crippen LogP contribution is 2.36. The summed E-state index contributed by atoms with van der Waals surface area (Å²) >= 11 is 12.8. The fraction of sp³-hybridized carbons (Fsp3) is 0.219. The normalized spacial score (nSPS) is 15.4. The highest BCUT2D eigenvalue weighted by atomic mass is 35.5. The molecule has 4 aromatic rings. The number of halogens is 2. The van der Waals surface area contributed by atoms with E-state index < -0.39 is 0 Å². The van der Waals surface area contributed by atoms with Gasteiger partial charge in [-0.3, -0.25) is 4.79 Å². The van der Waals surface area contributed by atoms with Crippen LogP contribution in [0.3, 0.4) is 0 Å². The maximum Gasteiger partial charge on any atom is 0.227 e. The first-order chi connectivity index (χ1) is 18.4. The third kappa shape index (κ3) is 5.82. The summed E-state index contributed by atoms with van der Waals surface area (Å²) in [5, 5.41) is 1.41. The Morgan fingerprint density at radius 2 is 1.53 bits per heavy atom. The number of hydrogen-bond acceptors (Lipinski definition) is 3. The van der Waals surface area contributed by atoms with Crippen molar-refractivity contribution in [3.63, 3.8) is 0 Å². The van der Waals surface area contributed by atoms with Crippen molar-refractivity contribution in [2.24, 2.45) is 0 Å². The number of methoxy groups -OCH3 is 1. The number of carbonyl (C=O) groups is 1. The average molecular weight is 546 g/mol. The van der Waals surface area contributed by atoms with Gasteiger partial charge in [0.15, 0.2) is 0 Å². The molecule has 0 spiro atoms. The number of piperazine rings is 1. The van der Waals surface area contributed by atoms with Crippen LogP contribution in [0.2, 0.25) is 10.0 Å². The minimum Gasteiger partial charge on any atom is -0.497 e. The van der Waals surface area contributed by atoms with Crippen LogP contribution in [0.25, 0.3) is 11.1 Å². The first-order valence-electron chi connectivity index (χ1n) is 12.7. The van der Waals surface area contributed by atoms with Gasteiger partial charge in [0.2, 0.25) is 5.91 Å². The second-order valence-corrected chi connectivity index (χ2v) is 10.5. The van der Waals surface area contributed by atoms with Crippen molar-refractivity contribution in [3.8, 4) is 16.9 Å². The monoisotopic (exact) mass is 544 g/mol. The van der Waals surface area contributed by atoms with Crippen LogP contribution < -0.4 is 9.64 Å². The number of amides is 1. The van der Waals surface area contributed by atoms with Gasteiger partial charge in [0.05, 0.1) is 30.3 Å². The van der Waals surface area contributed by atoms with Gasteiger partial charge in [-0.2, -0.15) is 0 Å². The third-order valence-electron chi connectivity index (χ3n) is 7.13. The van der Waals surface area contributed by atoms with E-state index in [4.69, 9.17) is 27.9 Å². The van der Waals surface area contributed by atoms with Gasteiger partial charge in [-0.25, -0.2) is 0 Å². The van der Waals surface area contributed by atoms with Gasteiger partial charge in [0.25, 0.3) is 0 Å². The number of anilines is 1. The quantitative estimate of drug-likeness (QED) is 0.250. The number of rotatable bonds is 6. The smallest absolute Gasteiger partial charge is 0.227 e. The van der Waals surface area contributed by atoms with Crippen molar-refractivity contribution in [2.45, 2.75) is 19.4 Å². The van der Waals surface area contributed by atoms with Crippen molar-refractivity contribution in [1.29, 1.82) is 0 Å². The largest absolute Gasteiger partial charge is 0.497 e. The molecular formula is C32H30Cl2N2O2. The van der Waals surface area contributed by atoms with Crippen molar-refractivity contribution < 1.29 is 9.53 Å². The molecule has 4 aromatic carbocycles. The van der Waals surface area contributed by atoms with Gasteiger partial charge < -0.3 is 14.5 Å². The number of hydrogen-bond donors (Lipinski definition) is 0. The molecule has 0 saturated carbocycles. The van der Waals surface area contributed by atoms with Crippen LogP contribution in [-0.4, -0.2) is 37.6 Å². The van der Waals surface area contributed by atoms with E-state index in [9.17, 15) is 4.79 Å². The molecule has 0 bridgehead atoms. The molecule has 38 heavy (non-hydrogen) atoms. The molecule has 6 heteroatoms. The van der Waals surface area contributed by atoms with Gasteiger partial charge in [0, 0.05) is 24.7 Å². The molecule has 0 aromatic heterocycles. The molecule has 1 aliphatic rings. The van der Waals surface area contributed by atoms with Crippen molar-refractivity contribution >= 4 is 34.8 Å². The van der Waals surface area contributed by atoms with Gasteiger partial charge in [-0.05, 0) is 71.1 Å². The van der Waals surface area contributed by atoms with Crippen molar-refractivity contribution in [3.05, 3.63) is 118 Å². The van der Waals surface area contributed by atoms with Gasteiger partial charge >= 0.3 is 0 Å². The summed E-state index contributed by atoms with van der Waals surface area (Å²) in [4.78, 5) is 17.7. The van der Waals surface area contributed by atoms with E-state index in [1.54, 1.807) is 7.11 Å². The van der Waals surface area contributed by atoms with E-state index in [1.807, 2.05) is 78.6 Å². The Labute approximate surface area is 234 Å². The number of nitrogens with zero attached hydrogens (tertiary/aromatic N) is 2. The minimum atomic E-state index is -0.0254. The average Bonchev–Trinajstić information content (AvgIpc) is 2.94. The van der Waals surface area contributed by atoms with E-state index >= 15 is 0 Å². The summed E-state index contributed by atoms with van der Waals surface area (Å²) in [6.45, 7) is 3.94. The maximum absolute atomic E-state index is 13.4. The summed E-state index contributed by atoms with van der Waals surface area (Å²) in [6.07, 6.45) is 0.363. The Morgan fingerprint density at radius 1 is 0.868 bits per heavy atom. The molecule has 0 radical (unpaired) electrons. The molecule has 194 valence electrons. The van der Waals surface area contributed by atoms with Gasteiger partial charge in [-0.1, -0.05) is 77.8 Å². The zero-order valence-corrected chi connectivity index (χ0v) is 23.0. The Hall–Kier alpha value is -3.47. The highest BCUT2D eigenvalue weighted by molar-refractivity contribution is 6.33. The first kappa shape index (κ1) is 26.1. The molecule has 0 aliphatic carbocycles. The number of carbonyl (C=O) groups excluding carboxylic acids is 1. The SMILES string of the molecule is COc1ccc(-c2ccc(CC(=O)N3CCN(c4ccc(C)cc4Cl)C(c4ccc(Cl)cc4)C3)cc2)cc1. The van der Waals surface area contributed by atoms with Crippen molar-refractivity contribution in [2.75, 3.05) is 31.6 Å². The predicted molar refractivity (Wildman–Crippen MR) is 156 cm³/mol. The van der Waals surface area contributed by atoms with E-state index in [1.165, 1.54) is 0 Å². The lowest BCUT2D eigenvalue weighted by atomic mass is 9.99. The summed E-state index contributed by atoms with van der Waals surface area (Å²) in [7, 11) is 1.66. The second kappa shape index (κ2) is 11.5. The van der Waals surface area contributed by atoms with Crippen LogP contribution in [0, 0.1) is 6.92 Å². The summed E-state index contributed by atoms with van der Waals surface area (Å²) in [5.41, 5.74) is 6.43. The Morgan fingerprint density at radius 3 is 2.16 bits per heavy atom. The standard InChI is InChI=1S/C32H30Cl2N2O2/c1-22-3-16-30(29(34)19-22)36-18-17-35(21-31(36)26-8-12-27(33)13-9-26)32(37)20-23-4-6-24(7-5-23)25-10-14-28(38-2)15-11-25/h3-16,19,31H,17-18,20-21H2,1-2H3.